The summed E-state index contributed by atoms with van der Waals surface area (Å²) in [5.74, 6) is 0. The van der Waals surface area contributed by atoms with Crippen molar-refractivity contribution in [3.8, 4) is 6.07 Å². The Balaban J connectivity index is 2.93. The van der Waals surface area contributed by atoms with Gasteiger partial charge in [0.05, 0.1) is 11.6 Å². The van der Waals surface area contributed by atoms with E-state index in [1.165, 1.54) is 18.2 Å². The van der Waals surface area contributed by atoms with Gasteiger partial charge in [-0.2, -0.15) is 18.4 Å². The van der Waals surface area contributed by atoms with Gasteiger partial charge >= 0.3 is 6.18 Å². The van der Waals surface area contributed by atoms with E-state index in [0.717, 1.165) is 12.1 Å². The molecular weight excluding hydrogens is 217 g/mol. The Morgan fingerprint density at radius 2 is 2.12 bits per heavy atom. The molecule has 0 saturated carbocycles. The van der Waals surface area contributed by atoms with Crippen LogP contribution < -0.4 is 5.32 Å². The number of hydrogen-bond acceptors (Lipinski definition) is 2. The van der Waals surface area contributed by atoms with Gasteiger partial charge in [0.25, 0.3) is 0 Å². The number of rotatable bonds is 2. The highest BCUT2D eigenvalue weighted by Gasteiger charge is 2.30. The molecule has 1 aromatic carbocycles. The van der Waals surface area contributed by atoms with Crippen molar-refractivity contribution in [3.05, 3.63) is 41.6 Å². The molecule has 5 heteroatoms. The highest BCUT2D eigenvalue weighted by Crippen LogP contribution is 2.30. The second-order valence-corrected chi connectivity index (χ2v) is 3.16. The third-order valence-electron chi connectivity index (χ3n) is 1.81. The molecule has 16 heavy (non-hydrogen) atoms. The van der Waals surface area contributed by atoms with E-state index in [9.17, 15) is 13.2 Å². The lowest BCUT2D eigenvalue weighted by Gasteiger charge is -2.10. The fourth-order valence-corrected chi connectivity index (χ4v) is 1.13. The molecule has 0 aliphatic heterocycles. The number of anilines is 1. The first kappa shape index (κ1) is 12.1. The van der Waals surface area contributed by atoms with Crippen molar-refractivity contribution in [2.75, 3.05) is 5.32 Å². The van der Waals surface area contributed by atoms with Crippen molar-refractivity contribution in [2.24, 2.45) is 0 Å². The summed E-state index contributed by atoms with van der Waals surface area (Å²) in [6.45, 7) is 1.60. The molecule has 84 valence electrons. The zero-order valence-corrected chi connectivity index (χ0v) is 8.47. The van der Waals surface area contributed by atoms with Crippen molar-refractivity contribution >= 4 is 5.69 Å². The Morgan fingerprint density at radius 1 is 1.44 bits per heavy atom. The molecular formula is C11H9F3N2. The Labute approximate surface area is 91.0 Å². The smallest absolute Gasteiger partial charge is 0.359 e. The molecule has 0 aromatic heterocycles. The Kier molecular flexibility index (Phi) is 3.56. The fraction of sp³-hybridized carbons (Fsp3) is 0.182. The third-order valence-corrected chi connectivity index (χ3v) is 1.81. The molecule has 0 aliphatic rings. The summed E-state index contributed by atoms with van der Waals surface area (Å²) in [5, 5.41) is 11.0. The van der Waals surface area contributed by atoms with Crippen molar-refractivity contribution in [1.82, 2.24) is 0 Å². The van der Waals surface area contributed by atoms with Crippen LogP contribution in [-0.4, -0.2) is 0 Å². The maximum atomic E-state index is 12.4. The van der Waals surface area contributed by atoms with E-state index in [1.54, 1.807) is 13.0 Å². The van der Waals surface area contributed by atoms with Crippen LogP contribution in [-0.2, 0) is 6.18 Å². The molecule has 0 fully saturated rings. The van der Waals surface area contributed by atoms with Gasteiger partial charge < -0.3 is 5.32 Å². The zero-order valence-electron chi connectivity index (χ0n) is 8.47. The van der Waals surface area contributed by atoms with Crippen LogP contribution in [0.1, 0.15) is 12.5 Å². The second kappa shape index (κ2) is 4.71. The van der Waals surface area contributed by atoms with Crippen LogP contribution in [0, 0.1) is 11.3 Å². The van der Waals surface area contributed by atoms with Crippen LogP contribution in [0.2, 0.25) is 0 Å². The molecule has 0 unspecified atom stereocenters. The number of allylic oxidation sites excluding steroid dienone is 2. The molecule has 0 saturated heterocycles. The van der Waals surface area contributed by atoms with Crippen molar-refractivity contribution in [1.29, 1.82) is 5.26 Å². The molecule has 1 aromatic rings. The Morgan fingerprint density at radius 3 is 2.69 bits per heavy atom. The first-order valence-corrected chi connectivity index (χ1v) is 4.44. The maximum Gasteiger partial charge on any atom is 0.416 e. The molecule has 0 bridgehead atoms. The monoisotopic (exact) mass is 226 g/mol. The molecule has 2 nitrogen and oxygen atoms in total. The van der Waals surface area contributed by atoms with Gasteiger partial charge in [0.2, 0.25) is 0 Å². The van der Waals surface area contributed by atoms with Crippen LogP contribution in [0.5, 0.6) is 0 Å². The number of nitrogens with zero attached hydrogens (tertiary/aromatic N) is 1. The second-order valence-electron chi connectivity index (χ2n) is 3.16. The molecule has 0 aliphatic carbocycles. The summed E-state index contributed by atoms with van der Waals surface area (Å²) in [5.41, 5.74) is 0.0721. The maximum absolute atomic E-state index is 12.4. The van der Waals surface area contributed by atoms with Crippen molar-refractivity contribution < 1.29 is 13.2 Å². The van der Waals surface area contributed by atoms with Gasteiger partial charge in [-0.25, -0.2) is 0 Å². The van der Waals surface area contributed by atoms with Gasteiger partial charge in [0.15, 0.2) is 0 Å². The summed E-state index contributed by atoms with van der Waals surface area (Å²) in [7, 11) is 0. The van der Waals surface area contributed by atoms with E-state index in [2.05, 4.69) is 5.32 Å². The lowest BCUT2D eigenvalue weighted by Crippen LogP contribution is -2.05. The number of benzene rings is 1. The lowest BCUT2D eigenvalue weighted by molar-refractivity contribution is -0.137. The number of nitriles is 1. The normalized spacial score (nSPS) is 12.1. The van der Waals surface area contributed by atoms with E-state index >= 15 is 0 Å². The first-order chi connectivity index (χ1) is 7.43. The quantitative estimate of drug-likeness (QED) is 0.783. The number of nitrogens with one attached hydrogen (secondary N) is 1. The molecule has 1 N–H and O–H groups in total. The lowest BCUT2D eigenvalue weighted by atomic mass is 10.2. The van der Waals surface area contributed by atoms with Gasteiger partial charge in [-0.05, 0) is 25.1 Å². The molecule has 0 radical (unpaired) electrons. The topological polar surface area (TPSA) is 35.8 Å². The summed E-state index contributed by atoms with van der Waals surface area (Å²) in [6, 6.07) is 6.59. The molecule has 0 spiro atoms. The molecule has 0 amide bonds. The van der Waals surface area contributed by atoms with Gasteiger partial charge in [0, 0.05) is 17.5 Å². The molecule has 1 rings (SSSR count). The highest BCUT2D eigenvalue weighted by atomic mass is 19.4. The minimum Gasteiger partial charge on any atom is -0.359 e. The summed E-state index contributed by atoms with van der Waals surface area (Å²) in [6.07, 6.45) is -3.13. The number of halogens is 3. The average molecular weight is 226 g/mol. The van der Waals surface area contributed by atoms with Crippen LogP contribution in [0.15, 0.2) is 36.0 Å². The zero-order chi connectivity index (χ0) is 12.2. The van der Waals surface area contributed by atoms with E-state index in [1.807, 2.05) is 0 Å². The summed E-state index contributed by atoms with van der Waals surface area (Å²) in [4.78, 5) is 0. The van der Waals surface area contributed by atoms with Crippen molar-refractivity contribution in [2.45, 2.75) is 13.1 Å². The highest BCUT2D eigenvalue weighted by molar-refractivity contribution is 5.50. The van der Waals surface area contributed by atoms with Gasteiger partial charge in [-0.3, -0.25) is 0 Å². The van der Waals surface area contributed by atoms with Crippen LogP contribution in [0.3, 0.4) is 0 Å². The number of alkyl halides is 3. The standard InChI is InChI=1S/C11H9F3N2/c1-8(5-6-15)16-10-4-2-3-9(7-10)11(12,13)14/h2-5,7,16H,1H3/b8-5+. The van der Waals surface area contributed by atoms with Gasteiger partial charge in [0.1, 0.15) is 0 Å². The van der Waals surface area contributed by atoms with E-state index < -0.39 is 11.7 Å². The largest absolute Gasteiger partial charge is 0.416 e. The Bertz CT molecular complexity index is 441. The van der Waals surface area contributed by atoms with E-state index in [-0.39, 0.29) is 0 Å². The number of hydrogen-bond donors (Lipinski definition) is 1. The fourth-order valence-electron chi connectivity index (χ4n) is 1.13. The Hall–Kier alpha value is -1.96. The predicted octanol–water partition coefficient (Wildman–Crippen LogP) is 3.54. The van der Waals surface area contributed by atoms with E-state index in [4.69, 9.17) is 5.26 Å². The van der Waals surface area contributed by atoms with Crippen LogP contribution in [0.25, 0.3) is 0 Å². The summed E-state index contributed by atoms with van der Waals surface area (Å²) >= 11 is 0. The van der Waals surface area contributed by atoms with Crippen LogP contribution in [0.4, 0.5) is 18.9 Å². The predicted molar refractivity (Wildman–Crippen MR) is 54.4 cm³/mol. The van der Waals surface area contributed by atoms with Crippen LogP contribution >= 0.6 is 0 Å². The van der Waals surface area contributed by atoms with Crippen molar-refractivity contribution in [3.63, 3.8) is 0 Å². The molecule has 0 heterocycles. The first-order valence-electron chi connectivity index (χ1n) is 4.44. The van der Waals surface area contributed by atoms with Gasteiger partial charge in [-0.15, -0.1) is 0 Å². The van der Waals surface area contributed by atoms with E-state index in [0.29, 0.717) is 11.4 Å². The summed E-state index contributed by atoms with van der Waals surface area (Å²) < 4.78 is 37.1. The minimum atomic E-state index is -4.36. The van der Waals surface area contributed by atoms with Gasteiger partial charge in [-0.1, -0.05) is 6.07 Å². The molecule has 0 atom stereocenters. The minimum absolute atomic E-state index is 0.304. The third kappa shape index (κ3) is 3.31. The SMILES string of the molecule is C/C(=C\C#N)Nc1cccc(C(F)(F)F)c1. The average Bonchev–Trinajstić information content (AvgIpc) is 2.17.